The molecule has 39 heavy (non-hydrogen) atoms. The number of halogens is 2. The highest BCUT2D eigenvalue weighted by Crippen LogP contribution is 2.38. The lowest BCUT2D eigenvalue weighted by atomic mass is 9.99. The topological polar surface area (TPSA) is 87.8 Å². The smallest absolute Gasteiger partial charge is 0.178 e. The Bertz CT molecular complexity index is 1540. The number of nitrogens with zero attached hydrogens (tertiary/aromatic N) is 3. The van der Waals surface area contributed by atoms with Gasteiger partial charge in [-0.05, 0) is 68.8 Å². The monoisotopic (exact) mass is 551 g/mol. The molecule has 7 nitrogen and oxygen atoms in total. The Kier molecular flexibility index (Phi) is 8.23. The van der Waals surface area contributed by atoms with Crippen molar-refractivity contribution in [1.82, 2.24) is 14.5 Å². The molecule has 2 radical (unpaired) electrons. The number of aldehydes is 1. The van der Waals surface area contributed by atoms with Crippen LogP contribution < -0.4 is 10.0 Å². The molecule has 2 N–H and O–H groups in total. The van der Waals surface area contributed by atoms with E-state index in [9.17, 15) is 19.4 Å². The first-order valence-corrected chi connectivity index (χ1v) is 14.4. The minimum Gasteiger partial charge on any atom is -0.495 e. The predicted molar refractivity (Wildman–Crippen MR) is 150 cm³/mol. The number of ether oxygens (including phenoxy) is 1. The molecule has 4 aromatic rings. The predicted octanol–water partition coefficient (Wildman–Crippen LogP) is 4.31. The van der Waals surface area contributed by atoms with Crippen molar-refractivity contribution >= 4 is 38.4 Å². The summed E-state index contributed by atoms with van der Waals surface area (Å²) >= 11 is 0. The number of hydrogen-bond donors (Lipinski definition) is 2. The number of methoxy groups -OCH3 is 1. The summed E-state index contributed by atoms with van der Waals surface area (Å²) in [7, 11) is 7.65. The summed E-state index contributed by atoms with van der Waals surface area (Å²) in [6.07, 6.45) is 1.03. The van der Waals surface area contributed by atoms with Crippen LogP contribution in [-0.2, 0) is 0 Å². The van der Waals surface area contributed by atoms with Gasteiger partial charge in [-0.3, -0.25) is 14.3 Å². The summed E-state index contributed by atoms with van der Waals surface area (Å²) in [6, 6.07) is 11.6. The number of aliphatic hydroxyl groups is 2. The van der Waals surface area contributed by atoms with E-state index in [1.807, 2.05) is 20.3 Å². The summed E-state index contributed by atoms with van der Waals surface area (Å²) < 4.78 is 37.4. The van der Waals surface area contributed by atoms with Gasteiger partial charge < -0.3 is 14.9 Å². The van der Waals surface area contributed by atoms with Gasteiger partial charge in [0, 0.05) is 16.4 Å². The second-order valence-electron chi connectivity index (χ2n) is 9.43. The molecule has 0 amide bonds. The van der Waals surface area contributed by atoms with Crippen LogP contribution in [-0.4, -0.2) is 72.1 Å². The van der Waals surface area contributed by atoms with Crippen LogP contribution >= 0.6 is 7.92 Å². The third kappa shape index (κ3) is 5.34. The Morgan fingerprint density at radius 3 is 2.49 bits per heavy atom. The second kappa shape index (κ2) is 11.1. The molecule has 0 bridgehead atoms. The summed E-state index contributed by atoms with van der Waals surface area (Å²) in [5.41, 5.74) is 2.07. The SMILES string of the molecule is [B]C(O)(O)N(C)[C@H](CC)c1nc2ccc(-c3cc(F)c(P(C)C)cc3F)cc2n1-c1c(C=O)cccc1OC. The molecule has 0 aliphatic heterocycles. The highest BCUT2D eigenvalue weighted by atomic mass is 31.1. The van der Waals surface area contributed by atoms with Crippen molar-refractivity contribution in [3.8, 4) is 22.6 Å². The van der Waals surface area contributed by atoms with Crippen LogP contribution in [0.1, 0.15) is 35.6 Å². The van der Waals surface area contributed by atoms with E-state index < -0.39 is 31.4 Å². The van der Waals surface area contributed by atoms with Gasteiger partial charge in [0.15, 0.2) is 19.9 Å². The number of aromatic nitrogens is 2. The van der Waals surface area contributed by atoms with Crippen LogP contribution in [0.4, 0.5) is 8.78 Å². The highest BCUT2D eigenvalue weighted by Gasteiger charge is 2.33. The summed E-state index contributed by atoms with van der Waals surface area (Å²) in [4.78, 5) is 18.0. The largest absolute Gasteiger partial charge is 0.495 e. The Morgan fingerprint density at radius 2 is 1.90 bits per heavy atom. The van der Waals surface area contributed by atoms with Crippen LogP contribution in [0.2, 0.25) is 0 Å². The Balaban J connectivity index is 2.08. The third-order valence-corrected chi connectivity index (χ3v) is 8.09. The molecule has 1 atom stereocenters. The van der Waals surface area contributed by atoms with E-state index in [1.165, 1.54) is 26.3 Å². The van der Waals surface area contributed by atoms with Gasteiger partial charge in [-0.1, -0.05) is 27.0 Å². The molecule has 4 rings (SSSR count). The molecule has 11 heteroatoms. The minimum absolute atomic E-state index is 0.0794. The molecular formula is C28H29BF2N3O4P. The summed E-state index contributed by atoms with van der Waals surface area (Å²) in [5.74, 6) is -3.01. The first-order chi connectivity index (χ1) is 18.4. The molecule has 0 aliphatic rings. The molecule has 0 saturated heterocycles. The van der Waals surface area contributed by atoms with Crippen LogP contribution in [0.5, 0.6) is 5.75 Å². The number of fused-ring (bicyclic) bond motifs is 1. The normalized spacial score (nSPS) is 12.9. The van der Waals surface area contributed by atoms with Gasteiger partial charge in [0.25, 0.3) is 0 Å². The lowest BCUT2D eigenvalue weighted by Crippen LogP contribution is -2.49. The molecule has 0 unspecified atom stereocenters. The number of para-hydroxylation sites is 1. The minimum atomic E-state index is -2.66. The Morgan fingerprint density at radius 1 is 1.18 bits per heavy atom. The fraction of sp³-hybridized carbons (Fsp3) is 0.286. The average molecular weight is 551 g/mol. The van der Waals surface area contributed by atoms with Gasteiger partial charge in [0.1, 0.15) is 28.9 Å². The molecule has 0 spiro atoms. The zero-order chi connectivity index (χ0) is 28.6. The maximum absolute atomic E-state index is 15.2. The maximum atomic E-state index is 15.2. The molecule has 1 heterocycles. The Labute approximate surface area is 228 Å². The van der Waals surface area contributed by atoms with E-state index in [0.717, 1.165) is 4.90 Å². The molecule has 0 fully saturated rings. The number of carbonyl (C=O) groups is 1. The molecular weight excluding hydrogens is 522 g/mol. The van der Waals surface area contributed by atoms with E-state index in [-0.39, 0.29) is 11.1 Å². The van der Waals surface area contributed by atoms with Gasteiger partial charge in [0.2, 0.25) is 0 Å². The number of hydrogen-bond acceptors (Lipinski definition) is 6. The van der Waals surface area contributed by atoms with Crippen molar-refractivity contribution in [2.45, 2.75) is 25.2 Å². The van der Waals surface area contributed by atoms with E-state index in [1.54, 1.807) is 41.0 Å². The number of carbonyl (C=O) groups excluding carboxylic acids is 1. The fourth-order valence-electron chi connectivity index (χ4n) is 4.72. The number of rotatable bonds is 9. The van der Waals surface area contributed by atoms with Crippen molar-refractivity contribution < 1.29 is 28.5 Å². The molecule has 1 aromatic heterocycles. The van der Waals surface area contributed by atoms with Crippen molar-refractivity contribution in [3.05, 3.63) is 71.6 Å². The quantitative estimate of drug-likeness (QED) is 0.140. The van der Waals surface area contributed by atoms with E-state index in [4.69, 9.17) is 17.6 Å². The standard InChI is InChI=1S/C28H29BF2N3O4P/c1-6-22(33(2)28(29,36)37)27-32-21-11-10-16(18-13-20(31)25(39(4)5)14-19(18)30)12-23(21)34(27)26-17(15-35)8-7-9-24(26)38-3/h7-15,22,36-37H,6H2,1-5H3/t22-/m1/s1. The van der Waals surface area contributed by atoms with E-state index in [2.05, 4.69) is 0 Å². The van der Waals surface area contributed by atoms with E-state index in [0.29, 0.717) is 51.9 Å². The third-order valence-electron chi connectivity index (χ3n) is 6.78. The lowest BCUT2D eigenvalue weighted by molar-refractivity contribution is -0.203. The highest BCUT2D eigenvalue weighted by molar-refractivity contribution is 7.64. The van der Waals surface area contributed by atoms with Crippen molar-refractivity contribution in [1.29, 1.82) is 0 Å². The zero-order valence-corrected chi connectivity index (χ0v) is 23.2. The van der Waals surface area contributed by atoms with Gasteiger partial charge in [0.05, 0.1) is 24.2 Å². The van der Waals surface area contributed by atoms with Crippen molar-refractivity contribution in [3.63, 3.8) is 0 Å². The number of benzene rings is 3. The van der Waals surface area contributed by atoms with Crippen LogP contribution in [0.15, 0.2) is 48.5 Å². The molecule has 0 aliphatic carbocycles. The first kappa shape index (κ1) is 28.8. The fourth-order valence-corrected chi connectivity index (χ4v) is 5.58. The second-order valence-corrected chi connectivity index (χ2v) is 11.7. The lowest BCUT2D eigenvalue weighted by Gasteiger charge is -2.36. The first-order valence-electron chi connectivity index (χ1n) is 12.2. The van der Waals surface area contributed by atoms with Crippen LogP contribution in [0.25, 0.3) is 27.8 Å². The maximum Gasteiger partial charge on any atom is 0.178 e. The zero-order valence-electron chi connectivity index (χ0n) is 22.3. The van der Waals surface area contributed by atoms with Crippen LogP contribution in [0, 0.1) is 11.6 Å². The number of imidazole rings is 1. The van der Waals surface area contributed by atoms with Gasteiger partial charge in [-0.2, -0.15) is 0 Å². The van der Waals surface area contributed by atoms with E-state index >= 15 is 4.39 Å². The van der Waals surface area contributed by atoms with Crippen LogP contribution in [0.3, 0.4) is 0 Å². The average Bonchev–Trinajstić information content (AvgIpc) is 3.26. The summed E-state index contributed by atoms with van der Waals surface area (Å²) in [5, 5.41) is 20.7. The van der Waals surface area contributed by atoms with Gasteiger partial charge in [-0.15, -0.1) is 0 Å². The van der Waals surface area contributed by atoms with Crippen molar-refractivity contribution in [2.75, 3.05) is 27.5 Å². The van der Waals surface area contributed by atoms with Crippen molar-refractivity contribution in [2.24, 2.45) is 0 Å². The summed E-state index contributed by atoms with van der Waals surface area (Å²) in [6.45, 7) is 5.53. The Hall–Kier alpha value is -3.17. The molecule has 0 saturated carbocycles. The van der Waals surface area contributed by atoms with Gasteiger partial charge >= 0.3 is 0 Å². The van der Waals surface area contributed by atoms with Gasteiger partial charge in [-0.25, -0.2) is 13.8 Å². The molecule has 3 aromatic carbocycles. The molecule has 202 valence electrons.